The van der Waals surface area contributed by atoms with Gasteiger partial charge in [-0.25, -0.2) is 0 Å². The van der Waals surface area contributed by atoms with Crippen LogP contribution in [0.3, 0.4) is 0 Å². The van der Waals surface area contributed by atoms with Gasteiger partial charge in [0.25, 0.3) is 0 Å². The Labute approximate surface area is 110 Å². The summed E-state index contributed by atoms with van der Waals surface area (Å²) in [4.78, 5) is 2.43. The van der Waals surface area contributed by atoms with E-state index < -0.39 is 0 Å². The first-order chi connectivity index (χ1) is 8.72. The third-order valence-corrected chi connectivity index (χ3v) is 4.33. The Balaban J connectivity index is 1.81. The van der Waals surface area contributed by atoms with Gasteiger partial charge in [-0.3, -0.25) is 0 Å². The van der Waals surface area contributed by atoms with Crippen LogP contribution in [0, 0.1) is 0 Å². The number of anilines is 1. The highest BCUT2D eigenvalue weighted by atomic mass is 15.1. The molecule has 18 heavy (non-hydrogen) atoms. The van der Waals surface area contributed by atoms with E-state index in [1.807, 2.05) is 0 Å². The number of hydrogen-bond donors (Lipinski definition) is 1. The first-order valence-electron chi connectivity index (χ1n) is 6.98. The lowest BCUT2D eigenvalue weighted by Gasteiger charge is -2.30. The van der Waals surface area contributed by atoms with Crippen LogP contribution in [0.1, 0.15) is 36.3 Å². The first-order valence-corrected chi connectivity index (χ1v) is 6.98. The molecule has 0 bridgehead atoms. The van der Waals surface area contributed by atoms with E-state index in [1.54, 1.807) is 0 Å². The van der Waals surface area contributed by atoms with Crippen LogP contribution in [-0.4, -0.2) is 25.0 Å². The molecule has 3 rings (SSSR count). The third kappa shape index (κ3) is 2.30. The fourth-order valence-corrected chi connectivity index (χ4v) is 3.06. The summed E-state index contributed by atoms with van der Waals surface area (Å²) in [5, 5.41) is 3.44. The Morgan fingerprint density at radius 3 is 2.78 bits per heavy atom. The second-order valence-electron chi connectivity index (χ2n) is 5.72. The fraction of sp³-hybridized carbons (Fsp3) is 0.500. The fourth-order valence-electron chi connectivity index (χ4n) is 3.06. The third-order valence-electron chi connectivity index (χ3n) is 4.33. The number of benzene rings is 1. The summed E-state index contributed by atoms with van der Waals surface area (Å²) in [6.45, 7) is 6.50. The van der Waals surface area contributed by atoms with Crippen molar-refractivity contribution < 1.29 is 0 Å². The van der Waals surface area contributed by atoms with Gasteiger partial charge in [0.2, 0.25) is 0 Å². The van der Waals surface area contributed by atoms with Crippen LogP contribution in [0.5, 0.6) is 0 Å². The van der Waals surface area contributed by atoms with Gasteiger partial charge in [0.1, 0.15) is 0 Å². The lowest BCUT2D eigenvalue weighted by Crippen LogP contribution is -2.29. The highest BCUT2D eigenvalue weighted by molar-refractivity contribution is 5.59. The summed E-state index contributed by atoms with van der Waals surface area (Å²) in [6.07, 6.45) is 4.78. The van der Waals surface area contributed by atoms with Gasteiger partial charge in [-0.05, 0) is 68.9 Å². The van der Waals surface area contributed by atoms with E-state index in [9.17, 15) is 0 Å². The normalized spacial score (nSPS) is 21.5. The SMILES string of the molecule is C=C1CCc2ccc(C3CCN(C)CC3)cc2N1. The molecule has 0 spiro atoms. The number of fused-ring (bicyclic) bond motifs is 1. The number of rotatable bonds is 1. The van der Waals surface area contributed by atoms with Crippen molar-refractivity contribution in [3.63, 3.8) is 0 Å². The van der Waals surface area contributed by atoms with Gasteiger partial charge < -0.3 is 10.2 Å². The van der Waals surface area contributed by atoms with E-state index in [-0.39, 0.29) is 0 Å². The Hall–Kier alpha value is -1.28. The van der Waals surface area contributed by atoms with Gasteiger partial charge in [-0.1, -0.05) is 18.7 Å². The summed E-state index contributed by atoms with van der Waals surface area (Å²) in [5.41, 5.74) is 5.40. The molecule has 1 saturated heterocycles. The predicted molar refractivity (Wildman–Crippen MR) is 77.0 cm³/mol. The molecule has 0 unspecified atom stereocenters. The molecule has 2 aliphatic rings. The van der Waals surface area contributed by atoms with Crippen LogP contribution in [-0.2, 0) is 6.42 Å². The second-order valence-corrected chi connectivity index (χ2v) is 5.72. The van der Waals surface area contributed by atoms with Gasteiger partial charge in [0.05, 0.1) is 0 Å². The van der Waals surface area contributed by atoms with Crippen molar-refractivity contribution in [3.05, 3.63) is 41.6 Å². The number of allylic oxidation sites excluding steroid dienone is 1. The number of nitrogens with zero attached hydrogens (tertiary/aromatic N) is 1. The molecule has 2 aliphatic heterocycles. The Kier molecular flexibility index (Phi) is 3.13. The van der Waals surface area contributed by atoms with E-state index in [4.69, 9.17) is 0 Å². The smallest absolute Gasteiger partial charge is 0.0417 e. The molecule has 1 aromatic carbocycles. The van der Waals surface area contributed by atoms with Crippen LogP contribution in [0.2, 0.25) is 0 Å². The van der Waals surface area contributed by atoms with Gasteiger partial charge in [0, 0.05) is 11.4 Å². The Morgan fingerprint density at radius 2 is 2.00 bits per heavy atom. The summed E-state index contributed by atoms with van der Waals surface area (Å²) in [7, 11) is 2.22. The van der Waals surface area contributed by atoms with Crippen molar-refractivity contribution in [2.45, 2.75) is 31.6 Å². The van der Waals surface area contributed by atoms with Crippen molar-refractivity contribution in [1.29, 1.82) is 0 Å². The molecule has 1 fully saturated rings. The van der Waals surface area contributed by atoms with Crippen molar-refractivity contribution in [3.8, 4) is 0 Å². The molecule has 1 aromatic rings. The molecule has 0 saturated carbocycles. The molecule has 0 radical (unpaired) electrons. The van der Waals surface area contributed by atoms with Crippen molar-refractivity contribution in [1.82, 2.24) is 4.90 Å². The summed E-state index contributed by atoms with van der Waals surface area (Å²) < 4.78 is 0. The number of hydrogen-bond acceptors (Lipinski definition) is 2. The summed E-state index contributed by atoms with van der Waals surface area (Å²) in [6, 6.07) is 7.00. The lowest BCUT2D eigenvalue weighted by molar-refractivity contribution is 0.255. The summed E-state index contributed by atoms with van der Waals surface area (Å²) in [5.74, 6) is 0.739. The second kappa shape index (κ2) is 4.77. The van der Waals surface area contributed by atoms with Crippen molar-refractivity contribution in [2.24, 2.45) is 0 Å². The molecular formula is C16H22N2. The minimum atomic E-state index is 0.739. The maximum atomic E-state index is 4.05. The molecule has 1 N–H and O–H groups in total. The van der Waals surface area contributed by atoms with Crippen LogP contribution in [0.15, 0.2) is 30.5 Å². The maximum Gasteiger partial charge on any atom is 0.0417 e. The Bertz CT molecular complexity index is 456. The number of aryl methyl sites for hydroxylation is 1. The number of piperidine rings is 1. The number of likely N-dealkylation sites (tertiary alicyclic amines) is 1. The van der Waals surface area contributed by atoms with E-state index >= 15 is 0 Å². The molecule has 2 heteroatoms. The minimum absolute atomic E-state index is 0.739. The molecule has 0 aliphatic carbocycles. The highest BCUT2D eigenvalue weighted by Gasteiger charge is 2.20. The Morgan fingerprint density at radius 1 is 1.22 bits per heavy atom. The molecule has 96 valence electrons. The van der Waals surface area contributed by atoms with Gasteiger partial charge in [-0.15, -0.1) is 0 Å². The quantitative estimate of drug-likeness (QED) is 0.812. The summed E-state index contributed by atoms with van der Waals surface area (Å²) >= 11 is 0. The highest BCUT2D eigenvalue weighted by Crippen LogP contribution is 2.33. The van der Waals surface area contributed by atoms with E-state index in [0.29, 0.717) is 0 Å². The number of nitrogens with one attached hydrogen (secondary N) is 1. The van der Waals surface area contributed by atoms with Crippen LogP contribution in [0.25, 0.3) is 0 Å². The van der Waals surface area contributed by atoms with Gasteiger partial charge in [-0.2, -0.15) is 0 Å². The largest absolute Gasteiger partial charge is 0.359 e. The van der Waals surface area contributed by atoms with Crippen molar-refractivity contribution in [2.75, 3.05) is 25.5 Å². The van der Waals surface area contributed by atoms with Crippen molar-refractivity contribution >= 4 is 5.69 Å². The van der Waals surface area contributed by atoms with Crippen LogP contribution >= 0.6 is 0 Å². The zero-order valence-electron chi connectivity index (χ0n) is 11.2. The maximum absolute atomic E-state index is 4.05. The van der Waals surface area contributed by atoms with Crippen LogP contribution in [0.4, 0.5) is 5.69 Å². The van der Waals surface area contributed by atoms with Gasteiger partial charge >= 0.3 is 0 Å². The minimum Gasteiger partial charge on any atom is -0.359 e. The molecule has 0 amide bonds. The standard InChI is InChI=1S/C16H22N2/c1-12-3-4-14-5-6-15(11-16(14)17-12)13-7-9-18(2)10-8-13/h5-6,11,13,17H,1,3-4,7-10H2,2H3. The molecule has 0 aromatic heterocycles. The molecule has 2 nitrogen and oxygen atoms in total. The zero-order chi connectivity index (χ0) is 12.5. The monoisotopic (exact) mass is 242 g/mol. The first kappa shape index (κ1) is 11.8. The lowest BCUT2D eigenvalue weighted by atomic mass is 9.87. The van der Waals surface area contributed by atoms with Gasteiger partial charge in [0.15, 0.2) is 0 Å². The molecular weight excluding hydrogens is 220 g/mol. The predicted octanol–water partition coefficient (Wildman–Crippen LogP) is 3.37. The van der Waals surface area contributed by atoms with Crippen LogP contribution < -0.4 is 5.32 Å². The average Bonchev–Trinajstić information content (AvgIpc) is 2.38. The average molecular weight is 242 g/mol. The molecule has 0 atom stereocenters. The topological polar surface area (TPSA) is 15.3 Å². The molecule has 2 heterocycles. The van der Waals surface area contributed by atoms with E-state index in [1.165, 1.54) is 42.7 Å². The zero-order valence-corrected chi connectivity index (χ0v) is 11.2. The van der Waals surface area contributed by atoms with E-state index in [0.717, 1.165) is 24.5 Å². The van der Waals surface area contributed by atoms with E-state index in [2.05, 4.69) is 42.0 Å².